The minimum absolute atomic E-state index is 0.0754. The third kappa shape index (κ3) is 2.75. The number of imide groups is 2. The first-order valence-electron chi connectivity index (χ1n) is 7.42. The summed E-state index contributed by atoms with van der Waals surface area (Å²) in [5, 5.41) is 10.8. The molecular formula is C15H12N2O8S. The molecule has 0 bridgehead atoms. The van der Waals surface area contributed by atoms with Gasteiger partial charge in [-0.05, 0) is 18.6 Å². The van der Waals surface area contributed by atoms with Crippen molar-refractivity contribution in [2.75, 3.05) is 5.75 Å². The van der Waals surface area contributed by atoms with Crippen molar-refractivity contribution in [1.82, 2.24) is 10.2 Å². The lowest BCUT2D eigenvalue weighted by Crippen LogP contribution is -2.54. The highest BCUT2D eigenvalue weighted by Gasteiger charge is 2.46. The Hall–Kier alpha value is -3.08. The van der Waals surface area contributed by atoms with Gasteiger partial charge in [0.15, 0.2) is 15.6 Å². The third-order valence-electron chi connectivity index (χ3n) is 4.08. The third-order valence-corrected chi connectivity index (χ3v) is 5.72. The highest BCUT2D eigenvalue weighted by Crippen LogP contribution is 2.32. The molecule has 2 N–H and O–H groups in total. The van der Waals surface area contributed by atoms with Crippen molar-refractivity contribution in [3.05, 3.63) is 29.3 Å². The van der Waals surface area contributed by atoms with Gasteiger partial charge in [0.25, 0.3) is 11.8 Å². The van der Waals surface area contributed by atoms with Crippen molar-refractivity contribution >= 4 is 39.4 Å². The van der Waals surface area contributed by atoms with Crippen LogP contribution < -0.4 is 5.32 Å². The van der Waals surface area contributed by atoms with Gasteiger partial charge in [-0.25, -0.2) is 8.42 Å². The van der Waals surface area contributed by atoms with Gasteiger partial charge in [0.05, 0.1) is 16.0 Å². The molecule has 10 nitrogen and oxygen atoms in total. The molecule has 1 aromatic carbocycles. The molecule has 1 saturated heterocycles. The Morgan fingerprint density at radius 1 is 1.19 bits per heavy atom. The Morgan fingerprint density at radius 2 is 1.88 bits per heavy atom. The molecule has 26 heavy (non-hydrogen) atoms. The molecular weight excluding hydrogens is 368 g/mol. The average Bonchev–Trinajstić information content (AvgIpc) is 2.78. The molecule has 4 amide bonds. The molecule has 2 heterocycles. The molecule has 0 saturated carbocycles. The first-order valence-corrected chi connectivity index (χ1v) is 9.08. The minimum Gasteiger partial charge on any atom is -0.480 e. The SMILES string of the molecule is O=C(O)CS(=O)(=O)c1cccc2c1C(=O)N(C1CCC(=O)NC1=O)C2=O. The van der Waals surface area contributed by atoms with Crippen LogP contribution in [0.15, 0.2) is 23.1 Å². The molecule has 136 valence electrons. The molecule has 1 atom stereocenters. The number of carboxylic acids is 1. The van der Waals surface area contributed by atoms with E-state index in [9.17, 15) is 32.4 Å². The maximum Gasteiger partial charge on any atom is 0.319 e. The summed E-state index contributed by atoms with van der Waals surface area (Å²) in [6, 6.07) is 2.24. The van der Waals surface area contributed by atoms with Crippen LogP contribution >= 0.6 is 0 Å². The molecule has 2 aliphatic heterocycles. The normalized spacial score (nSPS) is 20.2. The Bertz CT molecular complexity index is 981. The maximum atomic E-state index is 12.7. The molecule has 0 spiro atoms. The molecule has 0 aliphatic carbocycles. The highest BCUT2D eigenvalue weighted by molar-refractivity contribution is 7.92. The number of nitrogens with one attached hydrogen (secondary N) is 1. The van der Waals surface area contributed by atoms with Gasteiger partial charge in [0.1, 0.15) is 6.04 Å². The van der Waals surface area contributed by atoms with Crippen molar-refractivity contribution in [2.45, 2.75) is 23.8 Å². The fourth-order valence-electron chi connectivity index (χ4n) is 2.98. The zero-order valence-electron chi connectivity index (χ0n) is 13.1. The van der Waals surface area contributed by atoms with Gasteiger partial charge in [-0.3, -0.25) is 34.2 Å². The van der Waals surface area contributed by atoms with E-state index >= 15 is 0 Å². The zero-order chi connectivity index (χ0) is 19.2. The average molecular weight is 380 g/mol. The van der Waals surface area contributed by atoms with Gasteiger partial charge in [0, 0.05) is 6.42 Å². The number of piperidine rings is 1. The second-order valence-electron chi connectivity index (χ2n) is 5.78. The first kappa shape index (κ1) is 17.7. The summed E-state index contributed by atoms with van der Waals surface area (Å²) < 4.78 is 24.5. The van der Waals surface area contributed by atoms with E-state index in [1.54, 1.807) is 0 Å². The van der Waals surface area contributed by atoms with E-state index in [0.29, 0.717) is 4.90 Å². The summed E-state index contributed by atoms with van der Waals surface area (Å²) in [7, 11) is -4.37. The summed E-state index contributed by atoms with van der Waals surface area (Å²) in [6.07, 6.45) is -0.151. The van der Waals surface area contributed by atoms with Gasteiger partial charge in [-0.2, -0.15) is 0 Å². The maximum absolute atomic E-state index is 12.7. The van der Waals surface area contributed by atoms with Gasteiger partial charge in [0.2, 0.25) is 11.8 Å². The lowest BCUT2D eigenvalue weighted by atomic mass is 10.0. The number of carboxylic acid groups (broad SMARTS) is 1. The number of aliphatic carboxylic acids is 1. The fourth-order valence-corrected chi connectivity index (χ4v) is 4.26. The number of fused-ring (bicyclic) bond motifs is 1. The fraction of sp³-hybridized carbons (Fsp3) is 0.267. The van der Waals surface area contributed by atoms with Crippen LogP contribution in [-0.2, 0) is 24.2 Å². The van der Waals surface area contributed by atoms with E-state index in [2.05, 4.69) is 0 Å². The zero-order valence-corrected chi connectivity index (χ0v) is 13.9. The second-order valence-corrected chi connectivity index (χ2v) is 7.74. The van der Waals surface area contributed by atoms with Crippen molar-refractivity contribution in [2.24, 2.45) is 0 Å². The molecule has 0 aromatic heterocycles. The standard InChI is InChI=1S/C15H12N2O8S/c18-10-5-4-8(13(21)16-10)17-14(22)7-2-1-3-9(12(7)15(17)23)26(24,25)6-11(19)20/h1-3,8H,4-6H2,(H,19,20)(H,16,18,21). The van der Waals surface area contributed by atoms with Crippen molar-refractivity contribution in [1.29, 1.82) is 0 Å². The summed E-state index contributed by atoms with van der Waals surface area (Å²) in [5.74, 6) is -6.10. The minimum atomic E-state index is -4.37. The Balaban J connectivity index is 2.06. The number of hydrogen-bond donors (Lipinski definition) is 2. The number of hydrogen-bond acceptors (Lipinski definition) is 7. The van der Waals surface area contributed by atoms with E-state index in [1.807, 2.05) is 5.32 Å². The predicted molar refractivity (Wildman–Crippen MR) is 82.8 cm³/mol. The Kier molecular flexibility index (Phi) is 4.11. The number of carbonyl (C=O) groups excluding carboxylic acids is 4. The van der Waals surface area contributed by atoms with E-state index in [0.717, 1.165) is 6.07 Å². The smallest absolute Gasteiger partial charge is 0.319 e. The van der Waals surface area contributed by atoms with Gasteiger partial charge < -0.3 is 5.11 Å². The Labute approximate surface area is 146 Å². The lowest BCUT2D eigenvalue weighted by Gasteiger charge is -2.27. The van der Waals surface area contributed by atoms with E-state index < -0.39 is 61.7 Å². The molecule has 11 heteroatoms. The van der Waals surface area contributed by atoms with Crippen LogP contribution in [-0.4, -0.2) is 59.8 Å². The monoisotopic (exact) mass is 380 g/mol. The van der Waals surface area contributed by atoms with Crippen LogP contribution in [0.2, 0.25) is 0 Å². The molecule has 0 radical (unpaired) electrons. The Morgan fingerprint density at radius 3 is 2.50 bits per heavy atom. The van der Waals surface area contributed by atoms with Crippen molar-refractivity contribution in [3.63, 3.8) is 0 Å². The van der Waals surface area contributed by atoms with E-state index in [-0.39, 0.29) is 18.4 Å². The number of nitrogens with zero attached hydrogens (tertiary/aromatic N) is 1. The molecule has 1 aromatic rings. The van der Waals surface area contributed by atoms with Crippen LogP contribution in [0.3, 0.4) is 0 Å². The topological polar surface area (TPSA) is 155 Å². The van der Waals surface area contributed by atoms with Crippen LogP contribution in [0.5, 0.6) is 0 Å². The molecule has 1 unspecified atom stereocenters. The number of sulfone groups is 1. The highest BCUT2D eigenvalue weighted by atomic mass is 32.2. The van der Waals surface area contributed by atoms with Crippen LogP contribution in [0.25, 0.3) is 0 Å². The molecule has 1 fully saturated rings. The quantitative estimate of drug-likeness (QED) is 0.627. The van der Waals surface area contributed by atoms with E-state index in [1.165, 1.54) is 12.1 Å². The summed E-state index contributed by atoms with van der Waals surface area (Å²) in [4.78, 5) is 59.3. The van der Waals surface area contributed by atoms with E-state index in [4.69, 9.17) is 5.11 Å². The van der Waals surface area contributed by atoms with Crippen molar-refractivity contribution < 1.29 is 37.5 Å². The number of carbonyl (C=O) groups is 5. The number of benzene rings is 1. The summed E-state index contributed by atoms with van der Waals surface area (Å²) in [6.45, 7) is 0. The second kappa shape index (κ2) is 6.02. The number of rotatable bonds is 4. The van der Waals surface area contributed by atoms with Crippen LogP contribution in [0.4, 0.5) is 0 Å². The van der Waals surface area contributed by atoms with Gasteiger partial charge >= 0.3 is 5.97 Å². The van der Waals surface area contributed by atoms with Crippen LogP contribution in [0, 0.1) is 0 Å². The summed E-state index contributed by atoms with van der Waals surface area (Å²) in [5.41, 5.74) is -0.686. The largest absolute Gasteiger partial charge is 0.480 e. The molecule has 2 aliphatic rings. The number of amides is 4. The van der Waals surface area contributed by atoms with Crippen molar-refractivity contribution in [3.8, 4) is 0 Å². The first-order chi connectivity index (χ1) is 12.1. The van der Waals surface area contributed by atoms with Crippen LogP contribution in [0.1, 0.15) is 33.6 Å². The molecule has 3 rings (SSSR count). The summed E-state index contributed by atoms with van der Waals surface area (Å²) >= 11 is 0. The predicted octanol–water partition coefficient (Wildman–Crippen LogP) is -1.05. The van der Waals surface area contributed by atoms with Gasteiger partial charge in [-0.1, -0.05) is 6.07 Å². The lowest BCUT2D eigenvalue weighted by molar-refractivity contribution is -0.136. The van der Waals surface area contributed by atoms with Gasteiger partial charge in [-0.15, -0.1) is 0 Å².